The first-order valence-electron chi connectivity index (χ1n) is 7.92. The van der Waals surface area contributed by atoms with Gasteiger partial charge in [-0.1, -0.05) is 26.0 Å². The highest BCUT2D eigenvalue weighted by Gasteiger charge is 2.33. The van der Waals surface area contributed by atoms with E-state index in [1.807, 2.05) is 6.07 Å². The maximum Gasteiger partial charge on any atom is 0.165 e. The molecule has 124 valence electrons. The fraction of sp³-hybridized carbons (Fsp3) is 0.647. The van der Waals surface area contributed by atoms with Gasteiger partial charge in [-0.2, -0.15) is 0 Å². The summed E-state index contributed by atoms with van der Waals surface area (Å²) in [5, 5.41) is 0. The van der Waals surface area contributed by atoms with E-state index in [2.05, 4.69) is 30.9 Å². The molecule has 0 aromatic heterocycles. The van der Waals surface area contributed by atoms with Gasteiger partial charge >= 0.3 is 0 Å². The Hall–Kier alpha value is -0.970. The van der Waals surface area contributed by atoms with Crippen molar-refractivity contribution in [2.45, 2.75) is 39.3 Å². The summed E-state index contributed by atoms with van der Waals surface area (Å²) in [4.78, 5) is 2.48. The zero-order valence-electron chi connectivity index (χ0n) is 13.5. The summed E-state index contributed by atoms with van der Waals surface area (Å²) < 4.78 is 11.7. The molecule has 0 saturated carbocycles. The second-order valence-electron chi connectivity index (χ2n) is 6.89. The number of nitrogens with two attached hydrogens (primary N) is 1. The number of rotatable bonds is 2. The first kappa shape index (κ1) is 17.4. The van der Waals surface area contributed by atoms with E-state index in [1.165, 1.54) is 5.56 Å². The lowest BCUT2D eigenvalue weighted by Gasteiger charge is -2.42. The summed E-state index contributed by atoms with van der Waals surface area (Å²) in [5.74, 6) is 1.82. The van der Waals surface area contributed by atoms with Gasteiger partial charge in [0.2, 0.25) is 0 Å². The van der Waals surface area contributed by atoms with Crippen molar-refractivity contribution >= 4 is 12.4 Å². The van der Waals surface area contributed by atoms with Crippen LogP contribution in [-0.4, -0.2) is 37.2 Å². The lowest BCUT2D eigenvalue weighted by Crippen LogP contribution is -2.52. The molecule has 1 aromatic rings. The van der Waals surface area contributed by atoms with E-state index < -0.39 is 0 Å². The average molecular weight is 327 g/mol. The van der Waals surface area contributed by atoms with Gasteiger partial charge in [-0.05, 0) is 17.9 Å². The van der Waals surface area contributed by atoms with Crippen molar-refractivity contribution in [2.75, 3.05) is 26.3 Å². The van der Waals surface area contributed by atoms with Gasteiger partial charge in [0.05, 0.1) is 13.2 Å². The normalized spacial score (nSPS) is 24.2. The summed E-state index contributed by atoms with van der Waals surface area (Å²) in [6, 6.07) is 6.50. The summed E-state index contributed by atoms with van der Waals surface area (Å²) >= 11 is 0. The smallest absolute Gasteiger partial charge is 0.165 e. The largest absolute Gasteiger partial charge is 0.490 e. The van der Waals surface area contributed by atoms with Crippen LogP contribution in [0.3, 0.4) is 0 Å². The Balaban J connectivity index is 0.00000176. The molecule has 3 rings (SSSR count). The van der Waals surface area contributed by atoms with Gasteiger partial charge in [-0.3, -0.25) is 4.90 Å². The summed E-state index contributed by atoms with van der Waals surface area (Å²) in [5.41, 5.74) is 7.62. The zero-order valence-corrected chi connectivity index (χ0v) is 14.3. The van der Waals surface area contributed by atoms with Gasteiger partial charge in [0.1, 0.15) is 0 Å². The minimum atomic E-state index is 0. The van der Waals surface area contributed by atoms with E-state index >= 15 is 0 Å². The number of likely N-dealkylation sites (tertiary alicyclic amines) is 1. The molecule has 22 heavy (non-hydrogen) atoms. The van der Waals surface area contributed by atoms with Gasteiger partial charge in [0.15, 0.2) is 11.5 Å². The lowest BCUT2D eigenvalue weighted by atomic mass is 9.79. The average Bonchev–Trinajstić information content (AvgIpc) is 2.69. The molecule has 0 spiro atoms. The molecule has 2 N–H and O–H groups in total. The number of ether oxygens (including phenoxy) is 2. The summed E-state index contributed by atoms with van der Waals surface area (Å²) in [6.07, 6.45) is 2.00. The molecule has 2 aliphatic heterocycles. The third-order valence-electron chi connectivity index (χ3n) is 4.64. The second-order valence-corrected chi connectivity index (χ2v) is 6.89. The van der Waals surface area contributed by atoms with Crippen molar-refractivity contribution in [3.05, 3.63) is 23.8 Å². The molecule has 1 unspecified atom stereocenters. The maximum atomic E-state index is 6.23. The van der Waals surface area contributed by atoms with Gasteiger partial charge in [-0.15, -0.1) is 12.4 Å². The van der Waals surface area contributed by atoms with Crippen molar-refractivity contribution in [3.8, 4) is 11.5 Å². The number of fused-ring (bicyclic) bond motifs is 1. The molecule has 0 bridgehead atoms. The molecule has 1 atom stereocenters. The molecule has 0 aliphatic carbocycles. The summed E-state index contributed by atoms with van der Waals surface area (Å²) in [6.45, 7) is 8.98. The first-order chi connectivity index (χ1) is 10.1. The molecule has 1 aromatic carbocycles. The number of para-hydroxylation sites is 1. The van der Waals surface area contributed by atoms with Crippen LogP contribution in [0.5, 0.6) is 11.5 Å². The van der Waals surface area contributed by atoms with Gasteiger partial charge < -0.3 is 15.2 Å². The van der Waals surface area contributed by atoms with Crippen LogP contribution in [0, 0.1) is 5.41 Å². The van der Waals surface area contributed by atoms with Crippen LogP contribution in [-0.2, 0) is 6.54 Å². The van der Waals surface area contributed by atoms with Gasteiger partial charge in [0, 0.05) is 37.7 Å². The number of piperidine rings is 1. The Morgan fingerprint density at radius 3 is 2.82 bits per heavy atom. The van der Waals surface area contributed by atoms with Crippen molar-refractivity contribution in [1.82, 2.24) is 4.90 Å². The highest BCUT2D eigenvalue weighted by molar-refractivity contribution is 5.85. The van der Waals surface area contributed by atoms with Crippen LogP contribution < -0.4 is 15.2 Å². The van der Waals surface area contributed by atoms with Gasteiger partial charge in [0.25, 0.3) is 0 Å². The minimum Gasteiger partial charge on any atom is -0.490 e. The second kappa shape index (κ2) is 7.07. The van der Waals surface area contributed by atoms with E-state index in [0.29, 0.717) is 6.04 Å². The third kappa shape index (κ3) is 3.67. The molecular formula is C17H27ClN2O2. The lowest BCUT2D eigenvalue weighted by molar-refractivity contribution is 0.0890. The zero-order chi connectivity index (χ0) is 14.9. The maximum absolute atomic E-state index is 6.23. The van der Waals surface area contributed by atoms with Crippen LogP contribution in [0.2, 0.25) is 0 Å². The molecule has 2 aliphatic rings. The molecule has 0 radical (unpaired) electrons. The molecular weight excluding hydrogens is 300 g/mol. The van der Waals surface area contributed by atoms with Crippen LogP contribution in [0.1, 0.15) is 32.3 Å². The van der Waals surface area contributed by atoms with Gasteiger partial charge in [-0.25, -0.2) is 0 Å². The predicted molar refractivity (Wildman–Crippen MR) is 90.9 cm³/mol. The Labute approximate surface area is 139 Å². The summed E-state index contributed by atoms with van der Waals surface area (Å²) in [7, 11) is 0. The fourth-order valence-corrected chi connectivity index (χ4v) is 3.24. The highest BCUT2D eigenvalue weighted by Crippen LogP contribution is 2.35. The molecule has 5 heteroatoms. The van der Waals surface area contributed by atoms with Crippen LogP contribution in [0.25, 0.3) is 0 Å². The number of hydrogen-bond acceptors (Lipinski definition) is 4. The van der Waals surface area contributed by atoms with Crippen LogP contribution in [0.4, 0.5) is 0 Å². The Morgan fingerprint density at radius 1 is 1.27 bits per heavy atom. The quantitative estimate of drug-likeness (QED) is 0.908. The molecule has 1 fully saturated rings. The molecule has 4 nitrogen and oxygen atoms in total. The van der Waals surface area contributed by atoms with E-state index in [0.717, 1.165) is 57.2 Å². The Kier molecular flexibility index (Phi) is 5.59. The van der Waals surface area contributed by atoms with Crippen molar-refractivity contribution < 1.29 is 9.47 Å². The number of halogens is 1. The van der Waals surface area contributed by atoms with Crippen molar-refractivity contribution in [3.63, 3.8) is 0 Å². The first-order valence-corrected chi connectivity index (χ1v) is 7.92. The predicted octanol–water partition coefficient (Wildman–Crippen LogP) is 2.83. The molecule has 2 heterocycles. The number of hydrogen-bond donors (Lipinski definition) is 1. The van der Waals surface area contributed by atoms with Crippen LogP contribution >= 0.6 is 12.4 Å². The van der Waals surface area contributed by atoms with E-state index in [-0.39, 0.29) is 17.8 Å². The monoisotopic (exact) mass is 326 g/mol. The van der Waals surface area contributed by atoms with Crippen LogP contribution in [0.15, 0.2) is 18.2 Å². The minimum absolute atomic E-state index is 0. The Bertz CT molecular complexity index is 507. The molecule has 1 saturated heterocycles. The topological polar surface area (TPSA) is 47.7 Å². The van der Waals surface area contributed by atoms with E-state index in [4.69, 9.17) is 15.2 Å². The SMILES string of the molecule is CC1(C)CN(Cc2cccc3c2OCCCO3)CCC1N.Cl. The number of nitrogens with zero attached hydrogens (tertiary/aromatic N) is 1. The van der Waals surface area contributed by atoms with E-state index in [1.54, 1.807) is 0 Å². The van der Waals surface area contributed by atoms with Crippen molar-refractivity contribution in [1.29, 1.82) is 0 Å². The van der Waals surface area contributed by atoms with E-state index in [9.17, 15) is 0 Å². The fourth-order valence-electron chi connectivity index (χ4n) is 3.24. The number of benzene rings is 1. The standard InChI is InChI=1S/C17H26N2O2.ClH/c1-17(2)12-19(8-7-15(17)18)11-13-5-3-6-14-16(13)21-10-4-9-20-14;/h3,5-6,15H,4,7-12,18H2,1-2H3;1H. The Morgan fingerprint density at radius 2 is 2.05 bits per heavy atom. The highest BCUT2D eigenvalue weighted by atomic mass is 35.5. The van der Waals surface area contributed by atoms with Crippen molar-refractivity contribution in [2.24, 2.45) is 11.1 Å². The molecule has 0 amide bonds. The third-order valence-corrected chi connectivity index (χ3v) is 4.64.